The molecule has 33 heavy (non-hydrogen) atoms. The molecule has 2 amide bonds. The van der Waals surface area contributed by atoms with Gasteiger partial charge in [0, 0.05) is 12.2 Å². The molecule has 0 saturated heterocycles. The molecule has 0 spiro atoms. The lowest BCUT2D eigenvalue weighted by Crippen LogP contribution is -2.19. The van der Waals surface area contributed by atoms with Crippen LogP contribution in [0.25, 0.3) is 11.1 Å². The Bertz CT molecular complexity index is 1090. The largest absolute Gasteiger partial charge is 0.289 e. The Hall–Kier alpha value is -4.50. The molecule has 4 aromatic rings. The van der Waals surface area contributed by atoms with Crippen molar-refractivity contribution in [3.63, 3.8) is 0 Å². The third kappa shape index (κ3) is 5.60. The number of nitrogens with one attached hydrogen (secondary N) is 1. The molecule has 4 aromatic carbocycles. The normalized spacial score (nSPS) is 11.9. The summed E-state index contributed by atoms with van der Waals surface area (Å²) in [5, 5.41) is 2.03. The van der Waals surface area contributed by atoms with E-state index in [1.165, 1.54) is 45.6 Å². The summed E-state index contributed by atoms with van der Waals surface area (Å²) in [6, 6.07) is 42.6. The second-order valence-electron chi connectivity index (χ2n) is 7.40. The second kappa shape index (κ2) is 10.7. The first-order chi connectivity index (χ1) is 16.2. The van der Waals surface area contributed by atoms with Gasteiger partial charge in [0.15, 0.2) is 0 Å². The van der Waals surface area contributed by atoms with Crippen molar-refractivity contribution in [2.24, 2.45) is 0 Å². The highest BCUT2D eigenvalue weighted by atomic mass is 16.2. The minimum atomic E-state index is -0.329. The summed E-state index contributed by atoms with van der Waals surface area (Å²) in [5.74, 6) is -0.657. The molecule has 1 N–H and O–H groups in total. The lowest BCUT2D eigenvalue weighted by Gasteiger charge is -2.18. The van der Waals surface area contributed by atoms with E-state index in [1.54, 1.807) is 0 Å². The molecule has 0 aromatic heterocycles. The van der Waals surface area contributed by atoms with Crippen molar-refractivity contribution in [3.05, 3.63) is 156 Å². The molecule has 0 unspecified atom stereocenters. The molecule has 3 heteroatoms. The second-order valence-corrected chi connectivity index (χ2v) is 7.40. The average Bonchev–Trinajstić information content (AvgIpc) is 3.27. The Morgan fingerprint density at radius 2 is 0.636 bits per heavy atom. The van der Waals surface area contributed by atoms with E-state index >= 15 is 0 Å². The number of hydrogen-bond acceptors (Lipinski definition) is 2. The van der Waals surface area contributed by atoms with Crippen LogP contribution in [0.2, 0.25) is 0 Å². The van der Waals surface area contributed by atoms with Crippen LogP contribution >= 0.6 is 0 Å². The van der Waals surface area contributed by atoms with Gasteiger partial charge in [-0.2, -0.15) is 0 Å². The summed E-state index contributed by atoms with van der Waals surface area (Å²) < 4.78 is 0. The molecule has 0 fully saturated rings. The molecule has 160 valence electrons. The van der Waals surface area contributed by atoms with Gasteiger partial charge < -0.3 is 0 Å². The summed E-state index contributed by atoms with van der Waals surface area (Å²) in [5.41, 5.74) is 7.40. The predicted molar refractivity (Wildman–Crippen MR) is 133 cm³/mol. The topological polar surface area (TPSA) is 46.2 Å². The molecule has 0 bridgehead atoms. The molecular formula is C30H23NO2. The first-order valence-electron chi connectivity index (χ1n) is 10.7. The maximum absolute atomic E-state index is 10.0. The van der Waals surface area contributed by atoms with Crippen molar-refractivity contribution in [2.75, 3.05) is 0 Å². The van der Waals surface area contributed by atoms with Crippen molar-refractivity contribution in [1.82, 2.24) is 5.32 Å². The number of rotatable bonds is 4. The molecule has 0 atom stereocenters. The van der Waals surface area contributed by atoms with Gasteiger partial charge in [0.1, 0.15) is 0 Å². The van der Waals surface area contributed by atoms with Gasteiger partial charge in [-0.1, -0.05) is 121 Å². The van der Waals surface area contributed by atoms with Crippen molar-refractivity contribution >= 4 is 23.0 Å². The SMILES string of the molecule is O=C1C=CC(=O)N1.c1ccc(C(=C(c2ccccc2)c2ccccc2)c2ccccc2)cc1. The lowest BCUT2D eigenvalue weighted by molar-refractivity contribution is -0.123. The van der Waals surface area contributed by atoms with Crippen LogP contribution in [-0.4, -0.2) is 11.8 Å². The van der Waals surface area contributed by atoms with Gasteiger partial charge >= 0.3 is 0 Å². The minimum absolute atomic E-state index is 0.329. The van der Waals surface area contributed by atoms with E-state index in [-0.39, 0.29) is 11.8 Å². The quantitative estimate of drug-likeness (QED) is 0.325. The van der Waals surface area contributed by atoms with Gasteiger partial charge in [-0.3, -0.25) is 14.9 Å². The van der Waals surface area contributed by atoms with Crippen molar-refractivity contribution in [3.8, 4) is 0 Å². The summed E-state index contributed by atoms with van der Waals surface area (Å²) in [4.78, 5) is 20.1. The number of imide groups is 1. The van der Waals surface area contributed by atoms with Gasteiger partial charge in [-0.25, -0.2) is 0 Å². The highest BCUT2D eigenvalue weighted by molar-refractivity contribution is 6.12. The zero-order chi connectivity index (χ0) is 22.9. The first kappa shape index (κ1) is 21.7. The molecule has 0 aliphatic carbocycles. The Labute approximate surface area is 193 Å². The Morgan fingerprint density at radius 1 is 0.394 bits per heavy atom. The molecule has 5 rings (SSSR count). The molecule has 0 radical (unpaired) electrons. The van der Waals surface area contributed by atoms with Crippen LogP contribution in [0.5, 0.6) is 0 Å². The van der Waals surface area contributed by atoms with E-state index in [0.29, 0.717) is 0 Å². The Kier molecular flexibility index (Phi) is 7.04. The number of carbonyl (C=O) groups is 2. The molecule has 1 aliphatic heterocycles. The van der Waals surface area contributed by atoms with Gasteiger partial charge in [-0.15, -0.1) is 0 Å². The smallest absolute Gasteiger partial charge is 0.250 e. The van der Waals surface area contributed by atoms with E-state index in [2.05, 4.69) is 121 Å². The van der Waals surface area contributed by atoms with E-state index in [9.17, 15) is 9.59 Å². The maximum atomic E-state index is 10.0. The van der Waals surface area contributed by atoms with Gasteiger partial charge in [0.2, 0.25) is 0 Å². The summed E-state index contributed by atoms with van der Waals surface area (Å²) >= 11 is 0. The van der Waals surface area contributed by atoms with Gasteiger partial charge in [0.25, 0.3) is 11.8 Å². The van der Waals surface area contributed by atoms with Crippen LogP contribution in [0.3, 0.4) is 0 Å². The maximum Gasteiger partial charge on any atom is 0.250 e. The number of hydrogen-bond donors (Lipinski definition) is 1. The van der Waals surface area contributed by atoms with E-state index < -0.39 is 0 Å². The molecule has 3 nitrogen and oxygen atoms in total. The first-order valence-corrected chi connectivity index (χ1v) is 10.7. The summed E-state index contributed by atoms with van der Waals surface area (Å²) in [7, 11) is 0. The zero-order valence-corrected chi connectivity index (χ0v) is 18.0. The van der Waals surface area contributed by atoms with Crippen LogP contribution in [0.15, 0.2) is 133 Å². The predicted octanol–water partition coefficient (Wildman–Crippen LogP) is 5.89. The Morgan fingerprint density at radius 3 is 0.818 bits per heavy atom. The lowest BCUT2D eigenvalue weighted by atomic mass is 9.86. The van der Waals surface area contributed by atoms with Crippen LogP contribution in [0.4, 0.5) is 0 Å². The molecule has 1 heterocycles. The van der Waals surface area contributed by atoms with Crippen LogP contribution in [-0.2, 0) is 9.59 Å². The molecule has 1 aliphatic rings. The molecule has 0 saturated carbocycles. The third-order valence-corrected chi connectivity index (χ3v) is 5.13. The fourth-order valence-electron chi connectivity index (χ4n) is 3.69. The van der Waals surface area contributed by atoms with Gasteiger partial charge in [0.05, 0.1) is 0 Å². The van der Waals surface area contributed by atoms with Crippen molar-refractivity contribution in [1.29, 1.82) is 0 Å². The Balaban J connectivity index is 0.000000318. The monoisotopic (exact) mass is 429 g/mol. The van der Waals surface area contributed by atoms with Crippen LogP contribution < -0.4 is 5.32 Å². The van der Waals surface area contributed by atoms with E-state index in [4.69, 9.17) is 0 Å². The van der Waals surface area contributed by atoms with Crippen LogP contribution in [0.1, 0.15) is 22.3 Å². The van der Waals surface area contributed by atoms with E-state index in [1.807, 2.05) is 5.32 Å². The van der Waals surface area contributed by atoms with Gasteiger partial charge in [-0.05, 0) is 33.4 Å². The number of carbonyl (C=O) groups excluding carboxylic acids is 2. The van der Waals surface area contributed by atoms with Crippen molar-refractivity contribution in [2.45, 2.75) is 0 Å². The number of amides is 2. The standard InChI is InChI=1S/C26H20.C4H3NO2/c1-5-13-21(14-6-1)25(22-15-7-2-8-16-22)26(23-17-9-3-10-18-23)24-19-11-4-12-20-24;6-3-1-2-4(7)5-3/h1-20H;1-2H,(H,5,6,7). The van der Waals surface area contributed by atoms with E-state index in [0.717, 1.165) is 0 Å². The fraction of sp³-hybridized carbons (Fsp3) is 0. The average molecular weight is 430 g/mol. The molecular weight excluding hydrogens is 406 g/mol. The minimum Gasteiger partial charge on any atom is -0.289 e. The third-order valence-electron chi connectivity index (χ3n) is 5.13. The highest BCUT2D eigenvalue weighted by Gasteiger charge is 2.15. The fourth-order valence-corrected chi connectivity index (χ4v) is 3.69. The van der Waals surface area contributed by atoms with Crippen molar-refractivity contribution < 1.29 is 9.59 Å². The van der Waals surface area contributed by atoms with Crippen LogP contribution in [0, 0.1) is 0 Å². The number of benzene rings is 4. The highest BCUT2D eigenvalue weighted by Crippen LogP contribution is 2.36. The summed E-state index contributed by atoms with van der Waals surface area (Å²) in [6.07, 6.45) is 2.39. The summed E-state index contributed by atoms with van der Waals surface area (Å²) in [6.45, 7) is 0. The zero-order valence-electron chi connectivity index (χ0n) is 18.0.